The molecule has 1 aromatic heterocycles. The lowest BCUT2D eigenvalue weighted by Crippen LogP contribution is -2.38. The maximum atomic E-state index is 11.4. The molecule has 0 saturated carbocycles. The van der Waals surface area contributed by atoms with Crippen LogP contribution in [0.25, 0.3) is 0 Å². The van der Waals surface area contributed by atoms with Gasteiger partial charge in [0.05, 0.1) is 10.2 Å². The summed E-state index contributed by atoms with van der Waals surface area (Å²) in [5.74, 6) is 0.0253. The van der Waals surface area contributed by atoms with E-state index >= 15 is 0 Å². The molecule has 0 aliphatic rings. The summed E-state index contributed by atoms with van der Waals surface area (Å²) in [7, 11) is 0. The molecule has 3 N–H and O–H groups in total. The Morgan fingerprint density at radius 1 is 1.67 bits per heavy atom. The molecule has 3 nitrogen and oxygen atoms in total. The fraction of sp³-hybridized carbons (Fsp3) is 0.444. The summed E-state index contributed by atoms with van der Waals surface area (Å²) in [5, 5.41) is 2.81. The Hall–Kier alpha value is -0.100. The lowest BCUT2D eigenvalue weighted by molar-refractivity contribution is -0.120. The molecule has 15 heavy (non-hydrogen) atoms. The molecule has 1 aromatic rings. The number of rotatable bonds is 4. The first-order chi connectivity index (χ1) is 6.61. The molecular weight excluding hydrogens is 300 g/mol. The minimum absolute atomic E-state index is 0. The molecule has 0 radical (unpaired) electrons. The number of hydrogen-bond donors (Lipinski definition) is 2. The Bertz CT molecular complexity index is 319. The SMILES string of the molecule is C[C@@H](CN)NC(=O)Cc1ccc(Br)s1.Cl. The van der Waals surface area contributed by atoms with Crippen LogP contribution in [-0.2, 0) is 11.2 Å². The lowest BCUT2D eigenvalue weighted by atomic mass is 10.3. The average molecular weight is 314 g/mol. The number of nitrogens with one attached hydrogen (secondary N) is 1. The van der Waals surface area contributed by atoms with Crippen LogP contribution in [0.2, 0.25) is 0 Å². The van der Waals surface area contributed by atoms with Gasteiger partial charge in [0.2, 0.25) is 5.91 Å². The third-order valence-electron chi connectivity index (χ3n) is 1.72. The fourth-order valence-electron chi connectivity index (χ4n) is 0.990. The van der Waals surface area contributed by atoms with Gasteiger partial charge in [-0.15, -0.1) is 23.7 Å². The number of thiophene rings is 1. The molecule has 6 heteroatoms. The molecule has 0 saturated heterocycles. The van der Waals surface area contributed by atoms with E-state index in [-0.39, 0.29) is 24.4 Å². The van der Waals surface area contributed by atoms with E-state index in [2.05, 4.69) is 21.2 Å². The van der Waals surface area contributed by atoms with Gasteiger partial charge in [-0.05, 0) is 35.0 Å². The fourth-order valence-corrected chi connectivity index (χ4v) is 2.47. The van der Waals surface area contributed by atoms with Crippen LogP contribution in [0.1, 0.15) is 11.8 Å². The number of nitrogens with two attached hydrogens (primary N) is 1. The van der Waals surface area contributed by atoms with Crippen molar-refractivity contribution < 1.29 is 4.79 Å². The molecule has 0 aromatic carbocycles. The molecule has 0 bridgehead atoms. The zero-order valence-corrected chi connectivity index (χ0v) is 11.5. The van der Waals surface area contributed by atoms with Crippen molar-refractivity contribution in [3.8, 4) is 0 Å². The third-order valence-corrected chi connectivity index (χ3v) is 3.35. The Balaban J connectivity index is 0.00000196. The van der Waals surface area contributed by atoms with Crippen LogP contribution in [0.4, 0.5) is 0 Å². The Kier molecular flexibility index (Phi) is 7.17. The Morgan fingerprint density at radius 3 is 2.80 bits per heavy atom. The second-order valence-corrected chi connectivity index (χ2v) is 5.63. The number of halogens is 2. The summed E-state index contributed by atoms with van der Waals surface area (Å²) in [6.07, 6.45) is 0.431. The predicted octanol–water partition coefficient (Wildman–Crippen LogP) is 1.94. The highest BCUT2D eigenvalue weighted by Gasteiger charge is 2.07. The minimum Gasteiger partial charge on any atom is -0.352 e. The molecular formula is C9H14BrClN2OS. The normalized spacial score (nSPS) is 11.7. The van der Waals surface area contributed by atoms with Crippen molar-refractivity contribution in [3.63, 3.8) is 0 Å². The molecule has 0 spiro atoms. The number of carbonyl (C=O) groups is 1. The maximum absolute atomic E-state index is 11.4. The highest BCUT2D eigenvalue weighted by atomic mass is 79.9. The van der Waals surface area contributed by atoms with Gasteiger partial charge >= 0.3 is 0 Å². The van der Waals surface area contributed by atoms with Crippen LogP contribution in [0.15, 0.2) is 15.9 Å². The zero-order chi connectivity index (χ0) is 10.6. The lowest BCUT2D eigenvalue weighted by Gasteiger charge is -2.10. The standard InChI is InChI=1S/C9H13BrN2OS.ClH/c1-6(5-11)12-9(13)4-7-2-3-8(10)14-7;/h2-3,6H,4-5,11H2,1H3,(H,12,13);1H/t6-;/m0./s1. The zero-order valence-electron chi connectivity index (χ0n) is 8.33. The maximum Gasteiger partial charge on any atom is 0.225 e. The third kappa shape index (κ3) is 5.51. The Morgan fingerprint density at radius 2 is 2.33 bits per heavy atom. The second kappa shape index (κ2) is 7.22. The van der Waals surface area contributed by atoms with E-state index in [9.17, 15) is 4.79 Å². The highest BCUT2D eigenvalue weighted by Crippen LogP contribution is 2.22. The van der Waals surface area contributed by atoms with Crippen molar-refractivity contribution >= 4 is 45.6 Å². The van der Waals surface area contributed by atoms with Gasteiger partial charge in [0, 0.05) is 17.5 Å². The van der Waals surface area contributed by atoms with Crippen LogP contribution in [0.3, 0.4) is 0 Å². The van der Waals surface area contributed by atoms with E-state index in [1.807, 2.05) is 19.1 Å². The summed E-state index contributed by atoms with van der Waals surface area (Å²) in [4.78, 5) is 12.5. The van der Waals surface area contributed by atoms with Crippen molar-refractivity contribution in [2.75, 3.05) is 6.54 Å². The summed E-state index contributed by atoms with van der Waals surface area (Å²) >= 11 is 4.93. The van der Waals surface area contributed by atoms with Crippen molar-refractivity contribution in [3.05, 3.63) is 20.8 Å². The second-order valence-electron chi connectivity index (χ2n) is 3.09. The topological polar surface area (TPSA) is 55.1 Å². The van der Waals surface area contributed by atoms with Crippen molar-refractivity contribution in [2.24, 2.45) is 5.73 Å². The van der Waals surface area contributed by atoms with Crippen molar-refractivity contribution in [1.82, 2.24) is 5.32 Å². The van der Waals surface area contributed by atoms with Crippen LogP contribution in [0, 0.1) is 0 Å². The number of amides is 1. The van der Waals surface area contributed by atoms with Crippen LogP contribution in [0.5, 0.6) is 0 Å². The summed E-state index contributed by atoms with van der Waals surface area (Å²) in [5.41, 5.74) is 5.40. The Labute approximate surface area is 108 Å². The first-order valence-corrected chi connectivity index (χ1v) is 5.96. The molecule has 1 rings (SSSR count). The van der Waals surface area contributed by atoms with Gasteiger partial charge in [-0.3, -0.25) is 4.79 Å². The first-order valence-electron chi connectivity index (χ1n) is 4.35. The molecule has 1 amide bonds. The number of hydrogen-bond acceptors (Lipinski definition) is 3. The summed E-state index contributed by atoms with van der Waals surface area (Å²) < 4.78 is 1.05. The highest BCUT2D eigenvalue weighted by molar-refractivity contribution is 9.11. The van der Waals surface area contributed by atoms with Gasteiger partial charge in [0.25, 0.3) is 0 Å². The van der Waals surface area contributed by atoms with Crippen LogP contribution in [-0.4, -0.2) is 18.5 Å². The number of carbonyl (C=O) groups excluding carboxylic acids is 1. The van der Waals surface area contributed by atoms with Gasteiger partial charge < -0.3 is 11.1 Å². The van der Waals surface area contributed by atoms with Crippen molar-refractivity contribution in [2.45, 2.75) is 19.4 Å². The summed E-state index contributed by atoms with van der Waals surface area (Å²) in [6, 6.07) is 3.94. The minimum atomic E-state index is 0. The largest absolute Gasteiger partial charge is 0.352 e. The quantitative estimate of drug-likeness (QED) is 0.892. The molecule has 1 heterocycles. The van der Waals surface area contributed by atoms with E-state index < -0.39 is 0 Å². The predicted molar refractivity (Wildman–Crippen MR) is 69.6 cm³/mol. The summed E-state index contributed by atoms with van der Waals surface area (Å²) in [6.45, 7) is 2.36. The van der Waals surface area contributed by atoms with Crippen molar-refractivity contribution in [1.29, 1.82) is 0 Å². The van der Waals surface area contributed by atoms with Gasteiger partial charge in [-0.25, -0.2) is 0 Å². The molecule has 1 atom stereocenters. The van der Waals surface area contributed by atoms with Gasteiger partial charge in [0.15, 0.2) is 0 Å². The van der Waals surface area contributed by atoms with Gasteiger partial charge in [-0.2, -0.15) is 0 Å². The monoisotopic (exact) mass is 312 g/mol. The molecule has 0 fully saturated rings. The van der Waals surface area contributed by atoms with Crippen LogP contribution < -0.4 is 11.1 Å². The molecule has 0 unspecified atom stereocenters. The van der Waals surface area contributed by atoms with E-state index in [0.717, 1.165) is 8.66 Å². The molecule has 86 valence electrons. The molecule has 0 aliphatic carbocycles. The van der Waals surface area contributed by atoms with Gasteiger partial charge in [-0.1, -0.05) is 0 Å². The average Bonchev–Trinajstić information content (AvgIpc) is 2.50. The van der Waals surface area contributed by atoms with E-state index in [1.54, 1.807) is 11.3 Å². The smallest absolute Gasteiger partial charge is 0.225 e. The van der Waals surface area contributed by atoms with Crippen LogP contribution >= 0.6 is 39.7 Å². The van der Waals surface area contributed by atoms with Gasteiger partial charge in [0.1, 0.15) is 0 Å². The van der Waals surface area contributed by atoms with E-state index in [1.165, 1.54) is 0 Å². The van der Waals surface area contributed by atoms with E-state index in [0.29, 0.717) is 13.0 Å². The van der Waals surface area contributed by atoms with E-state index in [4.69, 9.17) is 5.73 Å². The first kappa shape index (κ1) is 14.9. The molecule has 0 aliphatic heterocycles.